The Bertz CT molecular complexity index is 1640. The van der Waals surface area contributed by atoms with Gasteiger partial charge in [-0.3, -0.25) is 4.79 Å². The first-order chi connectivity index (χ1) is 21.2. The van der Waals surface area contributed by atoms with Crippen LogP contribution in [0.5, 0.6) is 28.7 Å². The van der Waals surface area contributed by atoms with E-state index in [2.05, 4.69) is 0 Å². The molecule has 11 N–H and O–H groups in total. The van der Waals surface area contributed by atoms with Gasteiger partial charge in [0.15, 0.2) is 23.4 Å². The fourth-order valence-corrected chi connectivity index (χ4v) is 4.90. The van der Waals surface area contributed by atoms with Gasteiger partial charge in [-0.05, 0) is 18.2 Å². The van der Waals surface area contributed by atoms with Crippen LogP contribution in [0.15, 0.2) is 39.5 Å². The normalized spacial score (nSPS) is 30.7. The fourth-order valence-electron chi connectivity index (χ4n) is 4.90. The number of benzene rings is 2. The third kappa shape index (κ3) is 5.81. The standard InChI is InChI=1S/C27H28O18/c28-6-11(32)22-18(36)20(38)27(43-22)44-23-15(33)14-10(31)4-8(29)5-13(14)41-21(23)7-1-2-9(30)12(3-7)42-26-19(37)16(34)17(35)24(45-26)25(39)40/h1-5,11,16-20,22,24,26-32,34-38H,6H2,(H,39,40)/t11?,16-,17-,18+,19+,20+,22+,24-,26+,27-/m0/s1. The Labute approximate surface area is 250 Å². The average molecular weight is 641 g/mol. The quantitative estimate of drug-likeness (QED) is 0.117. The highest BCUT2D eigenvalue weighted by Gasteiger charge is 2.49. The van der Waals surface area contributed by atoms with Crippen LogP contribution in [-0.4, -0.2) is 130 Å². The summed E-state index contributed by atoms with van der Waals surface area (Å²) in [4.78, 5) is 25.1. The molecule has 5 rings (SSSR count). The summed E-state index contributed by atoms with van der Waals surface area (Å²) in [7, 11) is 0. The average Bonchev–Trinajstić information content (AvgIpc) is 3.27. The first-order valence-corrected chi connectivity index (χ1v) is 13.2. The molecule has 45 heavy (non-hydrogen) atoms. The Balaban J connectivity index is 1.59. The minimum atomic E-state index is -2.03. The number of aromatic hydroxyl groups is 3. The molecule has 2 aliphatic rings. The smallest absolute Gasteiger partial charge is 0.335 e. The maximum Gasteiger partial charge on any atom is 0.335 e. The number of carboxylic acid groups (broad SMARTS) is 1. The summed E-state index contributed by atoms with van der Waals surface area (Å²) in [6.07, 6.45) is -18.7. The van der Waals surface area contributed by atoms with E-state index in [1.165, 1.54) is 0 Å². The number of carbonyl (C=O) groups is 1. The Morgan fingerprint density at radius 2 is 1.51 bits per heavy atom. The van der Waals surface area contributed by atoms with Gasteiger partial charge in [-0.2, -0.15) is 0 Å². The van der Waals surface area contributed by atoms with Crippen LogP contribution in [0.2, 0.25) is 0 Å². The van der Waals surface area contributed by atoms with E-state index in [4.69, 9.17) is 23.4 Å². The number of rotatable bonds is 8. The molecule has 1 aromatic heterocycles. The SMILES string of the molecule is O=C(O)[C@H]1O[C@@H](Oc2cc(-c3oc4cc(O)cc(O)c4c(=O)c3O[C@@H]3O[C@H](C(O)CO)[C@H](O)[C@H]3O)ccc2O)[C@H](O)[C@@H](O)[C@@H]1O. The van der Waals surface area contributed by atoms with Gasteiger partial charge in [0.1, 0.15) is 65.2 Å². The van der Waals surface area contributed by atoms with Crippen LogP contribution in [0.4, 0.5) is 0 Å². The minimum Gasteiger partial charge on any atom is -0.508 e. The second kappa shape index (κ2) is 12.3. The zero-order chi connectivity index (χ0) is 32.9. The topological polar surface area (TPSA) is 307 Å². The van der Waals surface area contributed by atoms with E-state index >= 15 is 0 Å². The number of hydrogen-bond acceptors (Lipinski definition) is 17. The van der Waals surface area contributed by atoms with Gasteiger partial charge < -0.3 is 79.5 Å². The zero-order valence-electron chi connectivity index (χ0n) is 22.6. The molecule has 2 aliphatic heterocycles. The summed E-state index contributed by atoms with van der Waals surface area (Å²) >= 11 is 0. The molecular weight excluding hydrogens is 612 g/mol. The fraction of sp³-hybridized carbons (Fsp3) is 0.407. The van der Waals surface area contributed by atoms with Crippen molar-refractivity contribution in [1.29, 1.82) is 0 Å². The van der Waals surface area contributed by atoms with Gasteiger partial charge in [-0.15, -0.1) is 0 Å². The molecule has 0 saturated carbocycles. The van der Waals surface area contributed by atoms with E-state index in [9.17, 15) is 65.8 Å². The largest absolute Gasteiger partial charge is 0.508 e. The summed E-state index contributed by atoms with van der Waals surface area (Å²) in [5.74, 6) is -5.34. The molecule has 244 valence electrons. The van der Waals surface area contributed by atoms with Crippen LogP contribution in [-0.2, 0) is 14.3 Å². The number of aliphatic hydroxyl groups excluding tert-OH is 7. The highest BCUT2D eigenvalue weighted by atomic mass is 16.7. The Hall–Kier alpha value is -4.24. The van der Waals surface area contributed by atoms with Crippen molar-refractivity contribution in [2.24, 2.45) is 0 Å². The number of carboxylic acids is 1. The van der Waals surface area contributed by atoms with Gasteiger partial charge >= 0.3 is 5.97 Å². The lowest BCUT2D eigenvalue weighted by atomic mass is 9.99. The maximum atomic E-state index is 13.6. The van der Waals surface area contributed by atoms with Gasteiger partial charge in [-0.25, -0.2) is 4.79 Å². The molecule has 2 saturated heterocycles. The summed E-state index contributed by atoms with van der Waals surface area (Å²) in [6, 6.07) is 4.98. The van der Waals surface area contributed by atoms with E-state index < -0.39 is 119 Å². The zero-order valence-corrected chi connectivity index (χ0v) is 22.6. The minimum absolute atomic E-state index is 0.153. The third-order valence-corrected chi connectivity index (χ3v) is 7.25. The van der Waals surface area contributed by atoms with Crippen LogP contribution < -0.4 is 14.9 Å². The predicted octanol–water partition coefficient (Wildman–Crippen LogP) is -2.97. The van der Waals surface area contributed by atoms with Gasteiger partial charge in [0.05, 0.1) is 6.61 Å². The van der Waals surface area contributed by atoms with Gasteiger partial charge in [-0.1, -0.05) is 0 Å². The molecule has 0 radical (unpaired) electrons. The number of hydrogen-bond donors (Lipinski definition) is 11. The molecule has 18 heteroatoms. The van der Waals surface area contributed by atoms with Crippen LogP contribution >= 0.6 is 0 Å². The molecule has 2 fully saturated rings. The van der Waals surface area contributed by atoms with E-state index in [1.54, 1.807) is 0 Å². The highest BCUT2D eigenvalue weighted by molar-refractivity contribution is 5.88. The van der Waals surface area contributed by atoms with Crippen molar-refractivity contribution in [2.75, 3.05) is 6.61 Å². The van der Waals surface area contributed by atoms with Gasteiger partial charge in [0.2, 0.25) is 23.8 Å². The Kier molecular flexibility index (Phi) is 8.77. The Morgan fingerprint density at radius 3 is 2.18 bits per heavy atom. The molecule has 0 amide bonds. The first kappa shape index (κ1) is 32.2. The van der Waals surface area contributed by atoms with Crippen molar-refractivity contribution in [1.82, 2.24) is 0 Å². The second-order valence-electron chi connectivity index (χ2n) is 10.3. The van der Waals surface area contributed by atoms with Crippen molar-refractivity contribution in [3.63, 3.8) is 0 Å². The third-order valence-electron chi connectivity index (χ3n) is 7.25. The van der Waals surface area contributed by atoms with Crippen LogP contribution in [0.25, 0.3) is 22.3 Å². The monoisotopic (exact) mass is 640 g/mol. The second-order valence-corrected chi connectivity index (χ2v) is 10.3. The lowest BCUT2D eigenvalue weighted by Gasteiger charge is -2.38. The molecule has 0 spiro atoms. The van der Waals surface area contributed by atoms with Crippen molar-refractivity contribution in [3.05, 3.63) is 40.6 Å². The molecule has 0 aliphatic carbocycles. The molecule has 3 heterocycles. The van der Waals surface area contributed by atoms with E-state index in [0.717, 1.165) is 30.3 Å². The molecule has 10 atom stereocenters. The molecule has 18 nitrogen and oxygen atoms in total. The van der Waals surface area contributed by atoms with E-state index in [1.807, 2.05) is 0 Å². The van der Waals surface area contributed by atoms with Crippen LogP contribution in [0, 0.1) is 0 Å². The highest BCUT2D eigenvalue weighted by Crippen LogP contribution is 2.41. The van der Waals surface area contributed by atoms with Crippen molar-refractivity contribution in [2.45, 2.75) is 61.4 Å². The van der Waals surface area contributed by atoms with E-state index in [0.29, 0.717) is 0 Å². The molecule has 3 aromatic rings. The summed E-state index contributed by atoms with van der Waals surface area (Å²) in [6.45, 7) is -0.860. The first-order valence-electron chi connectivity index (χ1n) is 13.2. The number of phenols is 3. The predicted molar refractivity (Wildman–Crippen MR) is 142 cm³/mol. The van der Waals surface area contributed by atoms with Crippen LogP contribution in [0.3, 0.4) is 0 Å². The van der Waals surface area contributed by atoms with E-state index in [-0.39, 0.29) is 11.1 Å². The van der Waals surface area contributed by atoms with Gasteiger partial charge in [0.25, 0.3) is 0 Å². The molecule has 0 bridgehead atoms. The summed E-state index contributed by atoms with van der Waals surface area (Å²) < 4.78 is 27.2. The van der Waals surface area contributed by atoms with Crippen molar-refractivity contribution in [3.8, 4) is 40.1 Å². The number of ether oxygens (including phenoxy) is 4. The summed E-state index contributed by atoms with van der Waals surface area (Å²) in [5, 5.41) is 110. The lowest BCUT2D eigenvalue weighted by Crippen LogP contribution is -2.61. The number of phenolic OH excluding ortho intramolecular Hbond substituents is 3. The van der Waals surface area contributed by atoms with Crippen LogP contribution in [0.1, 0.15) is 0 Å². The maximum absolute atomic E-state index is 13.6. The van der Waals surface area contributed by atoms with Crippen molar-refractivity contribution >= 4 is 16.9 Å². The molecule has 1 unspecified atom stereocenters. The number of fused-ring (bicyclic) bond motifs is 1. The molecule has 2 aromatic carbocycles. The van der Waals surface area contributed by atoms with Crippen molar-refractivity contribution < 1.29 is 84.3 Å². The molecular formula is C27H28O18. The van der Waals surface area contributed by atoms with Gasteiger partial charge in [0, 0.05) is 17.7 Å². The lowest BCUT2D eigenvalue weighted by molar-refractivity contribution is -0.271. The number of aliphatic hydroxyl groups is 7. The number of aliphatic carboxylic acids is 1. The summed E-state index contributed by atoms with van der Waals surface area (Å²) in [5.41, 5.74) is -1.60. The Morgan fingerprint density at radius 1 is 0.844 bits per heavy atom.